The number of nitrogens with zero attached hydrogens (tertiary/aromatic N) is 2. The lowest BCUT2D eigenvalue weighted by molar-refractivity contribution is 0.477. The zero-order valence-electron chi connectivity index (χ0n) is 38.9. The van der Waals surface area contributed by atoms with Gasteiger partial charge in [-0.25, -0.2) is 4.98 Å². The monoisotopic (exact) mass is 798 g/mol. The molecule has 0 amide bonds. The van der Waals surface area contributed by atoms with Gasteiger partial charge in [0, 0.05) is 22.9 Å². The van der Waals surface area contributed by atoms with Crippen LogP contribution in [0, 0.1) is 0 Å². The highest BCUT2D eigenvalue weighted by molar-refractivity contribution is 5.96. The molecule has 0 bridgehead atoms. The summed E-state index contributed by atoms with van der Waals surface area (Å²) in [4.78, 5) is 10.2. The minimum Gasteiger partial charge on any atom is -0.507 e. The summed E-state index contributed by atoms with van der Waals surface area (Å²) in [7, 11) is 0. The summed E-state index contributed by atoms with van der Waals surface area (Å²) in [5, 5.41) is 11.1. The van der Waals surface area contributed by atoms with Crippen LogP contribution in [0.5, 0.6) is 5.75 Å². The molecule has 304 valence electrons. The summed E-state index contributed by atoms with van der Waals surface area (Å²) in [6.07, 6.45) is 1.83. The maximum Gasteiger partial charge on any atom is 0.124 e. The molecule has 3 heteroatoms. The lowest BCUT2D eigenvalue weighted by Gasteiger charge is -2.26. The van der Waals surface area contributed by atoms with Crippen molar-refractivity contribution in [1.29, 1.82) is 0 Å². The van der Waals surface area contributed by atoms with E-state index in [1.807, 2.05) is 72.9 Å². The first-order valence-corrected chi connectivity index (χ1v) is 21.2. The fourth-order valence-electron chi connectivity index (χ4n) is 7.75. The minimum absolute atomic E-state index is 0.0644. The average Bonchev–Trinajstić information content (AvgIpc) is 3.25. The second-order valence-electron chi connectivity index (χ2n) is 19.2. The third-order valence-corrected chi connectivity index (χ3v) is 11.4. The summed E-state index contributed by atoms with van der Waals surface area (Å²) >= 11 is 0. The summed E-state index contributed by atoms with van der Waals surface area (Å²) in [6.45, 7) is 19.8. The zero-order chi connectivity index (χ0) is 44.8. The normalized spacial score (nSPS) is 12.5. The number of pyridine rings is 2. The predicted octanol–water partition coefficient (Wildman–Crippen LogP) is 15.7. The average molecular weight is 799 g/mol. The van der Waals surface area contributed by atoms with Crippen molar-refractivity contribution >= 4 is 0 Å². The first-order valence-electron chi connectivity index (χ1n) is 22.2. The fourth-order valence-corrected chi connectivity index (χ4v) is 7.75. The molecule has 61 heavy (non-hydrogen) atoms. The summed E-state index contributed by atoms with van der Waals surface area (Å²) in [6, 6.07) is 51.9. The molecule has 0 atom stereocenters. The highest BCUT2D eigenvalue weighted by Crippen LogP contribution is 2.44. The quantitative estimate of drug-likeness (QED) is 0.175. The number of hydrogen-bond acceptors (Lipinski definition) is 3. The maximum atomic E-state index is 11.1. The Balaban J connectivity index is 1.33. The summed E-state index contributed by atoms with van der Waals surface area (Å²) < 4.78 is 19.5. The van der Waals surface area contributed by atoms with Gasteiger partial charge in [0.05, 0.1) is 19.8 Å². The van der Waals surface area contributed by atoms with Crippen molar-refractivity contribution in [3.63, 3.8) is 0 Å². The number of benzene rings is 6. The smallest absolute Gasteiger partial charge is 0.124 e. The number of phenols is 1. The topological polar surface area (TPSA) is 46.0 Å². The van der Waals surface area contributed by atoms with Crippen LogP contribution in [-0.4, -0.2) is 15.1 Å². The largest absolute Gasteiger partial charge is 0.507 e. The molecule has 3 nitrogen and oxygen atoms in total. The maximum absolute atomic E-state index is 11.1. The Morgan fingerprint density at radius 1 is 0.393 bits per heavy atom. The van der Waals surface area contributed by atoms with Crippen molar-refractivity contribution in [3.8, 4) is 84.0 Å². The number of phenolic OH excluding ortho intramolecular Hbond substituents is 1. The van der Waals surface area contributed by atoms with Gasteiger partial charge in [-0.15, -0.1) is 0 Å². The van der Waals surface area contributed by atoms with Crippen molar-refractivity contribution in [2.45, 2.75) is 78.6 Å². The molecule has 0 unspecified atom stereocenters. The number of para-hydroxylation sites is 1. The lowest BCUT2D eigenvalue weighted by atomic mass is 9.79. The fraction of sp³-hybridized carbons (Fsp3) is 0.207. The third kappa shape index (κ3) is 8.84. The molecule has 0 spiro atoms. The van der Waals surface area contributed by atoms with Gasteiger partial charge in [0.25, 0.3) is 0 Å². The van der Waals surface area contributed by atoms with E-state index >= 15 is 0 Å². The van der Waals surface area contributed by atoms with Gasteiger partial charge in [-0.1, -0.05) is 172 Å². The van der Waals surface area contributed by atoms with E-state index < -0.39 is 5.41 Å². The Morgan fingerprint density at radius 3 is 1.43 bits per heavy atom. The summed E-state index contributed by atoms with van der Waals surface area (Å²) in [5.41, 5.74) is 14.6. The second-order valence-corrected chi connectivity index (χ2v) is 19.2. The molecule has 1 N–H and O–H groups in total. The molecule has 8 aromatic rings. The van der Waals surface area contributed by atoms with Crippen LogP contribution in [0.3, 0.4) is 0 Å². The molecule has 2 heterocycles. The van der Waals surface area contributed by atoms with E-state index in [9.17, 15) is 7.85 Å². The predicted molar refractivity (Wildman–Crippen MR) is 258 cm³/mol. The van der Waals surface area contributed by atoms with Crippen LogP contribution < -0.4 is 0 Å². The van der Waals surface area contributed by atoms with E-state index in [-0.39, 0.29) is 16.6 Å². The van der Waals surface area contributed by atoms with Gasteiger partial charge in [0.2, 0.25) is 0 Å². The molecule has 6 aromatic carbocycles. The Morgan fingerprint density at radius 2 is 0.869 bits per heavy atom. The van der Waals surface area contributed by atoms with E-state index in [2.05, 4.69) is 141 Å². The Hall–Kier alpha value is -6.58. The van der Waals surface area contributed by atoms with E-state index in [1.54, 1.807) is 6.07 Å². The number of rotatable bonds is 7. The van der Waals surface area contributed by atoms with Crippen LogP contribution in [0.2, 0.25) is 0 Å². The molecule has 8 rings (SSSR count). The van der Waals surface area contributed by atoms with E-state index in [0.29, 0.717) is 28.9 Å². The molecular weight excluding hydrogens is 741 g/mol. The molecular formula is C58H56N2O. The Labute approximate surface area is 365 Å². The van der Waals surface area contributed by atoms with Gasteiger partial charge in [0.1, 0.15) is 5.75 Å². The molecule has 0 aliphatic heterocycles. The molecule has 0 fully saturated rings. The van der Waals surface area contributed by atoms with Gasteiger partial charge in [-0.3, -0.25) is 4.98 Å². The van der Waals surface area contributed by atoms with Crippen LogP contribution in [-0.2, 0) is 16.2 Å². The second kappa shape index (κ2) is 16.1. The molecule has 0 aliphatic rings. The minimum atomic E-state index is -0.446. The lowest BCUT2D eigenvalue weighted by Crippen LogP contribution is -2.16. The van der Waals surface area contributed by atoms with E-state index in [1.165, 1.54) is 11.1 Å². The van der Waals surface area contributed by atoms with Gasteiger partial charge in [-0.2, -0.15) is 0 Å². The molecule has 0 aliphatic carbocycles. The Bertz CT molecular complexity index is 2870. The van der Waals surface area contributed by atoms with Crippen molar-refractivity contribution in [2.75, 3.05) is 0 Å². The van der Waals surface area contributed by atoms with Crippen LogP contribution in [0.1, 0.15) is 81.7 Å². The first-order chi connectivity index (χ1) is 29.9. The Kier molecular flexibility index (Phi) is 10.2. The van der Waals surface area contributed by atoms with Crippen LogP contribution in [0.4, 0.5) is 0 Å². The molecule has 0 saturated carbocycles. The standard InChI is InChI=1S/C58H56N2O/c1-56(2,3)45-30-43(31-46(35-45)57(4,5)6)44-33-52(60-53(34-44)48-25-16-17-26-54(48)61)41-24-18-23-40(29-41)51-32-42(27-28-59-51)55-49(38-19-12-10-13-20-38)36-47(58(7,8)9)37-50(55)39-21-14-11-15-22-39/h10-37,61H,1-9H3/i36D,37D. The van der Waals surface area contributed by atoms with Crippen LogP contribution in [0.15, 0.2) is 170 Å². The number of aromatic nitrogens is 2. The molecule has 0 radical (unpaired) electrons. The molecule has 0 saturated heterocycles. The zero-order valence-corrected chi connectivity index (χ0v) is 36.9. The van der Waals surface area contributed by atoms with E-state index in [0.717, 1.165) is 67.0 Å². The van der Waals surface area contributed by atoms with Crippen molar-refractivity contribution in [1.82, 2.24) is 9.97 Å². The third-order valence-electron chi connectivity index (χ3n) is 11.4. The SMILES string of the molecule is [2H]c1c(-c2ccccc2)c(-c2ccnc(-c3cccc(-c4cc(-c5cc(C(C)(C)C)cc(C(C)(C)C)c5)cc(-c5ccccc5O)n4)c3)c2)c(-c2ccccc2)c([2H])c1C(C)(C)C. The van der Waals surface area contributed by atoms with Gasteiger partial charge in [0.15, 0.2) is 0 Å². The highest BCUT2D eigenvalue weighted by atomic mass is 16.3. The van der Waals surface area contributed by atoms with Crippen molar-refractivity contribution in [3.05, 3.63) is 187 Å². The van der Waals surface area contributed by atoms with E-state index in [4.69, 9.17) is 9.97 Å². The number of aromatic hydroxyl groups is 1. The van der Waals surface area contributed by atoms with Gasteiger partial charge in [-0.05, 0) is 132 Å². The van der Waals surface area contributed by atoms with Gasteiger partial charge < -0.3 is 5.11 Å². The summed E-state index contributed by atoms with van der Waals surface area (Å²) in [5.74, 6) is 0.175. The van der Waals surface area contributed by atoms with Crippen molar-refractivity contribution < 1.29 is 7.85 Å². The van der Waals surface area contributed by atoms with Gasteiger partial charge >= 0.3 is 0 Å². The first kappa shape index (κ1) is 38.6. The highest BCUT2D eigenvalue weighted by Gasteiger charge is 2.24. The molecule has 2 aromatic heterocycles. The van der Waals surface area contributed by atoms with Crippen LogP contribution >= 0.6 is 0 Å². The van der Waals surface area contributed by atoms with Crippen LogP contribution in [0.25, 0.3) is 78.3 Å². The van der Waals surface area contributed by atoms with Crippen molar-refractivity contribution in [2.24, 2.45) is 0 Å². The number of hydrogen-bond donors (Lipinski definition) is 1.